The SMILES string of the molecule is CN(C1CCN(N)C1)S(C)(=O)=O. The second-order valence-electron chi connectivity index (χ2n) is 3.22. The van der Waals surface area contributed by atoms with Gasteiger partial charge >= 0.3 is 0 Å². The van der Waals surface area contributed by atoms with Gasteiger partial charge in [0.15, 0.2) is 0 Å². The summed E-state index contributed by atoms with van der Waals surface area (Å²) in [5.41, 5.74) is 0. The van der Waals surface area contributed by atoms with Crippen LogP contribution in [-0.4, -0.2) is 50.2 Å². The quantitative estimate of drug-likeness (QED) is 0.561. The number of hydrazine groups is 1. The first-order valence-corrected chi connectivity index (χ1v) is 5.69. The lowest BCUT2D eigenvalue weighted by Gasteiger charge is -2.21. The second-order valence-corrected chi connectivity index (χ2v) is 5.26. The number of sulfonamides is 1. The lowest BCUT2D eigenvalue weighted by Crippen LogP contribution is -2.39. The molecule has 1 rings (SSSR count). The van der Waals surface area contributed by atoms with Crippen molar-refractivity contribution in [2.45, 2.75) is 12.5 Å². The zero-order chi connectivity index (χ0) is 9.35. The minimum Gasteiger partial charge on any atom is -0.269 e. The Labute approximate surface area is 73.1 Å². The number of nitrogens with zero attached hydrogens (tertiary/aromatic N) is 2. The zero-order valence-electron chi connectivity index (χ0n) is 7.40. The lowest BCUT2D eigenvalue weighted by atomic mass is 10.3. The third-order valence-corrected chi connectivity index (χ3v) is 3.58. The summed E-state index contributed by atoms with van der Waals surface area (Å²) >= 11 is 0. The standard InChI is InChI=1S/C6H15N3O2S/c1-8(12(2,10)11)6-3-4-9(7)5-6/h6H,3-5,7H2,1-2H3. The molecule has 0 radical (unpaired) electrons. The molecule has 1 heterocycles. The van der Waals surface area contributed by atoms with E-state index in [0.29, 0.717) is 6.54 Å². The predicted molar refractivity (Wildman–Crippen MR) is 46.8 cm³/mol. The van der Waals surface area contributed by atoms with E-state index < -0.39 is 10.0 Å². The Kier molecular flexibility index (Phi) is 2.72. The van der Waals surface area contributed by atoms with Gasteiger partial charge in [0.2, 0.25) is 10.0 Å². The molecule has 0 amide bonds. The summed E-state index contributed by atoms with van der Waals surface area (Å²) in [6.07, 6.45) is 2.03. The van der Waals surface area contributed by atoms with Gasteiger partial charge in [0.25, 0.3) is 0 Å². The van der Waals surface area contributed by atoms with Crippen molar-refractivity contribution in [3.63, 3.8) is 0 Å². The van der Waals surface area contributed by atoms with Crippen LogP contribution in [0.2, 0.25) is 0 Å². The molecule has 0 saturated carbocycles. The van der Waals surface area contributed by atoms with Gasteiger partial charge < -0.3 is 0 Å². The molecular formula is C6H15N3O2S. The van der Waals surface area contributed by atoms with Gasteiger partial charge in [-0.3, -0.25) is 5.84 Å². The lowest BCUT2D eigenvalue weighted by molar-refractivity contribution is 0.314. The van der Waals surface area contributed by atoms with Crippen LogP contribution in [0, 0.1) is 0 Å². The summed E-state index contributed by atoms with van der Waals surface area (Å²) in [4.78, 5) is 0. The van der Waals surface area contributed by atoms with Crippen molar-refractivity contribution < 1.29 is 8.42 Å². The van der Waals surface area contributed by atoms with E-state index in [0.717, 1.165) is 13.0 Å². The summed E-state index contributed by atoms with van der Waals surface area (Å²) < 4.78 is 23.6. The Morgan fingerprint density at radius 2 is 2.17 bits per heavy atom. The first-order valence-electron chi connectivity index (χ1n) is 3.84. The van der Waals surface area contributed by atoms with E-state index in [1.54, 1.807) is 12.1 Å². The Morgan fingerprint density at radius 3 is 2.50 bits per heavy atom. The minimum absolute atomic E-state index is 0.0463. The number of hydrogen-bond donors (Lipinski definition) is 1. The molecule has 1 aliphatic heterocycles. The molecule has 0 spiro atoms. The molecule has 0 aliphatic carbocycles. The number of likely N-dealkylation sites (N-methyl/N-ethyl adjacent to an activating group) is 1. The Balaban J connectivity index is 2.61. The highest BCUT2D eigenvalue weighted by Crippen LogP contribution is 2.13. The van der Waals surface area contributed by atoms with Gasteiger partial charge in [0.1, 0.15) is 0 Å². The topological polar surface area (TPSA) is 66.6 Å². The van der Waals surface area contributed by atoms with E-state index in [-0.39, 0.29) is 6.04 Å². The van der Waals surface area contributed by atoms with Gasteiger partial charge in [-0.15, -0.1) is 0 Å². The van der Waals surface area contributed by atoms with Crippen molar-refractivity contribution in [1.29, 1.82) is 0 Å². The smallest absolute Gasteiger partial charge is 0.211 e. The number of nitrogens with two attached hydrogens (primary N) is 1. The maximum atomic E-state index is 11.1. The van der Waals surface area contributed by atoms with Crippen molar-refractivity contribution in [2.75, 3.05) is 26.4 Å². The van der Waals surface area contributed by atoms with Crippen molar-refractivity contribution in [3.8, 4) is 0 Å². The van der Waals surface area contributed by atoms with Gasteiger partial charge in [-0.2, -0.15) is 0 Å². The van der Waals surface area contributed by atoms with Gasteiger partial charge in [-0.05, 0) is 6.42 Å². The predicted octanol–water partition coefficient (Wildman–Crippen LogP) is -1.17. The van der Waals surface area contributed by atoms with Crippen LogP contribution in [0.25, 0.3) is 0 Å². The van der Waals surface area contributed by atoms with E-state index in [1.807, 2.05) is 0 Å². The molecule has 1 saturated heterocycles. The van der Waals surface area contributed by atoms with Crippen molar-refractivity contribution in [2.24, 2.45) is 5.84 Å². The van der Waals surface area contributed by atoms with Gasteiger partial charge in [-0.25, -0.2) is 17.7 Å². The van der Waals surface area contributed by atoms with E-state index >= 15 is 0 Å². The van der Waals surface area contributed by atoms with Crippen LogP contribution in [0.15, 0.2) is 0 Å². The average molecular weight is 193 g/mol. The van der Waals surface area contributed by atoms with E-state index in [2.05, 4.69) is 0 Å². The van der Waals surface area contributed by atoms with Crippen molar-refractivity contribution in [1.82, 2.24) is 9.31 Å². The van der Waals surface area contributed by atoms with Crippen molar-refractivity contribution >= 4 is 10.0 Å². The maximum Gasteiger partial charge on any atom is 0.211 e. The van der Waals surface area contributed by atoms with Crippen LogP contribution in [-0.2, 0) is 10.0 Å². The fourth-order valence-corrected chi connectivity index (χ4v) is 2.05. The van der Waals surface area contributed by atoms with E-state index in [4.69, 9.17) is 5.84 Å². The van der Waals surface area contributed by atoms with E-state index in [1.165, 1.54) is 10.6 Å². The Hall–Kier alpha value is -0.170. The normalized spacial score (nSPS) is 26.8. The molecule has 1 unspecified atom stereocenters. The molecule has 0 aromatic carbocycles. The molecule has 0 aromatic heterocycles. The van der Waals surface area contributed by atoms with E-state index in [9.17, 15) is 8.42 Å². The molecule has 1 fully saturated rings. The van der Waals surface area contributed by atoms with Crippen LogP contribution in [0.5, 0.6) is 0 Å². The largest absolute Gasteiger partial charge is 0.269 e. The second kappa shape index (κ2) is 3.29. The highest BCUT2D eigenvalue weighted by molar-refractivity contribution is 7.88. The van der Waals surface area contributed by atoms with Crippen LogP contribution < -0.4 is 5.84 Å². The molecule has 1 atom stereocenters. The molecular weight excluding hydrogens is 178 g/mol. The third kappa shape index (κ3) is 2.16. The fraction of sp³-hybridized carbons (Fsp3) is 1.00. The molecule has 5 nitrogen and oxygen atoms in total. The van der Waals surface area contributed by atoms with Gasteiger partial charge in [0.05, 0.1) is 6.26 Å². The van der Waals surface area contributed by atoms with Crippen LogP contribution >= 0.6 is 0 Å². The molecule has 0 bridgehead atoms. The van der Waals surface area contributed by atoms with Crippen LogP contribution in [0.4, 0.5) is 0 Å². The molecule has 2 N–H and O–H groups in total. The van der Waals surface area contributed by atoms with Gasteiger partial charge in [-0.1, -0.05) is 0 Å². The molecule has 72 valence electrons. The summed E-state index contributed by atoms with van der Waals surface area (Å²) in [6, 6.07) is 0.0463. The summed E-state index contributed by atoms with van der Waals surface area (Å²) in [7, 11) is -1.46. The van der Waals surface area contributed by atoms with Gasteiger partial charge in [0, 0.05) is 26.2 Å². The summed E-state index contributed by atoms with van der Waals surface area (Å²) in [5, 5.41) is 1.65. The molecule has 1 aliphatic rings. The number of hydrogen-bond acceptors (Lipinski definition) is 4. The van der Waals surface area contributed by atoms with Crippen LogP contribution in [0.1, 0.15) is 6.42 Å². The highest BCUT2D eigenvalue weighted by Gasteiger charge is 2.28. The average Bonchev–Trinajstić information content (AvgIpc) is 2.32. The Morgan fingerprint density at radius 1 is 1.58 bits per heavy atom. The summed E-state index contributed by atoms with van der Waals surface area (Å²) in [6.45, 7) is 1.40. The van der Waals surface area contributed by atoms with Crippen LogP contribution in [0.3, 0.4) is 0 Å². The molecule has 6 heteroatoms. The highest BCUT2D eigenvalue weighted by atomic mass is 32.2. The molecule has 12 heavy (non-hydrogen) atoms. The third-order valence-electron chi connectivity index (χ3n) is 2.23. The fourth-order valence-electron chi connectivity index (χ4n) is 1.34. The summed E-state index contributed by atoms with van der Waals surface area (Å²) in [5.74, 6) is 5.52. The molecule has 0 aromatic rings. The maximum absolute atomic E-state index is 11.1. The first kappa shape index (κ1) is 9.91. The zero-order valence-corrected chi connectivity index (χ0v) is 8.21. The van der Waals surface area contributed by atoms with Crippen molar-refractivity contribution in [3.05, 3.63) is 0 Å². The Bertz CT molecular complexity index is 252. The minimum atomic E-state index is -3.06. The number of rotatable bonds is 2. The first-order chi connectivity index (χ1) is 5.41. The monoisotopic (exact) mass is 193 g/mol.